The van der Waals surface area contributed by atoms with Crippen molar-refractivity contribution < 1.29 is 0 Å². The van der Waals surface area contributed by atoms with Crippen LogP contribution < -0.4 is 16.4 Å². The lowest BCUT2D eigenvalue weighted by atomic mass is 10.3. The molecule has 0 aliphatic carbocycles. The SMILES string of the molecule is CCCN(CC)c1ncnc(/C=C\N)c1N. The highest BCUT2D eigenvalue weighted by atomic mass is 15.2. The Morgan fingerprint density at radius 2 is 2.12 bits per heavy atom. The van der Waals surface area contributed by atoms with Gasteiger partial charge in [0.15, 0.2) is 5.82 Å². The number of anilines is 2. The molecule has 0 bridgehead atoms. The second-order valence-corrected chi connectivity index (χ2v) is 3.43. The van der Waals surface area contributed by atoms with E-state index in [4.69, 9.17) is 11.5 Å². The van der Waals surface area contributed by atoms with E-state index >= 15 is 0 Å². The highest BCUT2D eigenvalue weighted by Crippen LogP contribution is 2.22. The van der Waals surface area contributed by atoms with Gasteiger partial charge >= 0.3 is 0 Å². The second-order valence-electron chi connectivity index (χ2n) is 3.43. The number of nitrogens with zero attached hydrogens (tertiary/aromatic N) is 3. The lowest BCUT2D eigenvalue weighted by molar-refractivity contribution is 0.777. The van der Waals surface area contributed by atoms with Crippen LogP contribution in [0.3, 0.4) is 0 Å². The Hall–Kier alpha value is -1.78. The molecular formula is C11H19N5. The predicted octanol–water partition coefficient (Wildman–Crippen LogP) is 1.22. The Bertz CT molecular complexity index is 361. The summed E-state index contributed by atoms with van der Waals surface area (Å²) in [6, 6.07) is 0. The van der Waals surface area contributed by atoms with E-state index in [1.807, 2.05) is 0 Å². The van der Waals surface area contributed by atoms with E-state index < -0.39 is 0 Å². The van der Waals surface area contributed by atoms with Crippen LogP contribution in [0.4, 0.5) is 11.5 Å². The van der Waals surface area contributed by atoms with E-state index in [0.29, 0.717) is 11.4 Å². The Labute approximate surface area is 96.2 Å². The Balaban J connectivity index is 3.07. The van der Waals surface area contributed by atoms with Gasteiger partial charge in [0.25, 0.3) is 0 Å². The first-order valence-electron chi connectivity index (χ1n) is 5.48. The van der Waals surface area contributed by atoms with Crippen molar-refractivity contribution in [3.63, 3.8) is 0 Å². The van der Waals surface area contributed by atoms with E-state index in [9.17, 15) is 0 Å². The largest absolute Gasteiger partial charge is 0.405 e. The zero-order valence-corrected chi connectivity index (χ0v) is 9.85. The van der Waals surface area contributed by atoms with Gasteiger partial charge in [0.2, 0.25) is 0 Å². The van der Waals surface area contributed by atoms with Crippen molar-refractivity contribution in [3.8, 4) is 0 Å². The Morgan fingerprint density at radius 3 is 2.69 bits per heavy atom. The smallest absolute Gasteiger partial charge is 0.155 e. The predicted molar refractivity (Wildman–Crippen MR) is 67.8 cm³/mol. The number of hydrogen-bond acceptors (Lipinski definition) is 5. The van der Waals surface area contributed by atoms with Gasteiger partial charge in [-0.25, -0.2) is 9.97 Å². The van der Waals surface area contributed by atoms with Gasteiger partial charge in [-0.1, -0.05) is 6.92 Å². The fraction of sp³-hybridized carbons (Fsp3) is 0.455. The van der Waals surface area contributed by atoms with Crippen LogP contribution >= 0.6 is 0 Å². The fourth-order valence-corrected chi connectivity index (χ4v) is 1.56. The van der Waals surface area contributed by atoms with Gasteiger partial charge in [-0.3, -0.25) is 0 Å². The standard InChI is InChI=1S/C11H19N5/c1-3-7-16(4-2)11-10(13)9(5-6-12)14-8-15-11/h5-6,8H,3-4,7,12-13H2,1-2H3/b6-5-. The first kappa shape index (κ1) is 12.3. The number of nitrogens with two attached hydrogens (primary N) is 2. The zero-order valence-electron chi connectivity index (χ0n) is 9.85. The molecule has 1 aromatic rings. The average Bonchev–Trinajstić information content (AvgIpc) is 2.30. The Morgan fingerprint density at radius 1 is 1.38 bits per heavy atom. The summed E-state index contributed by atoms with van der Waals surface area (Å²) in [5.41, 5.74) is 12.6. The van der Waals surface area contributed by atoms with E-state index in [1.54, 1.807) is 6.08 Å². The fourth-order valence-electron chi connectivity index (χ4n) is 1.56. The molecular weight excluding hydrogens is 202 g/mol. The molecule has 0 amide bonds. The van der Waals surface area contributed by atoms with E-state index in [2.05, 4.69) is 28.7 Å². The van der Waals surface area contributed by atoms with Gasteiger partial charge in [-0.05, 0) is 25.6 Å². The quantitative estimate of drug-likeness (QED) is 0.781. The van der Waals surface area contributed by atoms with Gasteiger partial charge in [-0.2, -0.15) is 0 Å². The highest BCUT2D eigenvalue weighted by molar-refractivity contribution is 5.72. The van der Waals surface area contributed by atoms with Crippen LogP contribution in [-0.4, -0.2) is 23.1 Å². The summed E-state index contributed by atoms with van der Waals surface area (Å²) in [4.78, 5) is 10.4. The molecule has 0 spiro atoms. The molecule has 1 rings (SSSR count). The van der Waals surface area contributed by atoms with Crippen molar-refractivity contribution in [2.24, 2.45) is 5.73 Å². The molecule has 1 heterocycles. The van der Waals surface area contributed by atoms with Crippen molar-refractivity contribution in [1.82, 2.24) is 9.97 Å². The number of aromatic nitrogens is 2. The maximum absolute atomic E-state index is 6.00. The molecule has 0 fully saturated rings. The van der Waals surface area contributed by atoms with Crippen LogP contribution in [0.1, 0.15) is 26.0 Å². The normalized spacial score (nSPS) is 10.9. The lowest BCUT2D eigenvalue weighted by Crippen LogP contribution is -2.26. The molecule has 4 N–H and O–H groups in total. The Kier molecular flexibility index (Phi) is 4.57. The third kappa shape index (κ3) is 2.62. The van der Waals surface area contributed by atoms with Crippen LogP contribution in [-0.2, 0) is 0 Å². The van der Waals surface area contributed by atoms with Crippen LogP contribution in [0.25, 0.3) is 6.08 Å². The molecule has 0 unspecified atom stereocenters. The number of nitrogen functional groups attached to an aromatic ring is 1. The van der Waals surface area contributed by atoms with E-state index in [-0.39, 0.29) is 0 Å². The summed E-state index contributed by atoms with van der Waals surface area (Å²) in [5.74, 6) is 0.785. The molecule has 5 heteroatoms. The van der Waals surface area contributed by atoms with Gasteiger partial charge in [0.05, 0.1) is 5.69 Å². The van der Waals surface area contributed by atoms with Crippen molar-refractivity contribution in [2.75, 3.05) is 23.7 Å². The summed E-state index contributed by atoms with van der Waals surface area (Å²) in [7, 11) is 0. The summed E-state index contributed by atoms with van der Waals surface area (Å²) in [6.07, 6.45) is 5.68. The molecule has 0 atom stereocenters. The number of rotatable bonds is 5. The van der Waals surface area contributed by atoms with Crippen LogP contribution in [0, 0.1) is 0 Å². The van der Waals surface area contributed by atoms with Crippen LogP contribution in [0.15, 0.2) is 12.5 Å². The molecule has 1 aromatic heterocycles. The summed E-state index contributed by atoms with van der Waals surface area (Å²) in [5, 5.41) is 0. The van der Waals surface area contributed by atoms with E-state index in [1.165, 1.54) is 12.5 Å². The van der Waals surface area contributed by atoms with Gasteiger partial charge in [0, 0.05) is 13.1 Å². The summed E-state index contributed by atoms with van der Waals surface area (Å²) >= 11 is 0. The summed E-state index contributed by atoms with van der Waals surface area (Å²) in [6.45, 7) is 6.01. The van der Waals surface area contributed by atoms with Crippen molar-refractivity contribution in [2.45, 2.75) is 20.3 Å². The maximum atomic E-state index is 6.00. The monoisotopic (exact) mass is 221 g/mol. The minimum absolute atomic E-state index is 0.583. The molecule has 5 nitrogen and oxygen atoms in total. The molecule has 0 saturated heterocycles. The third-order valence-corrected chi connectivity index (χ3v) is 2.32. The molecule has 0 aliphatic rings. The molecule has 16 heavy (non-hydrogen) atoms. The lowest BCUT2D eigenvalue weighted by Gasteiger charge is -2.22. The van der Waals surface area contributed by atoms with Crippen molar-refractivity contribution in [3.05, 3.63) is 18.2 Å². The van der Waals surface area contributed by atoms with Crippen LogP contribution in [0.5, 0.6) is 0 Å². The minimum Gasteiger partial charge on any atom is -0.405 e. The van der Waals surface area contributed by atoms with Crippen LogP contribution in [0.2, 0.25) is 0 Å². The molecule has 0 saturated carbocycles. The average molecular weight is 221 g/mol. The van der Waals surface area contributed by atoms with Crippen molar-refractivity contribution in [1.29, 1.82) is 0 Å². The summed E-state index contributed by atoms with van der Waals surface area (Å²) < 4.78 is 0. The minimum atomic E-state index is 0.583. The first-order valence-corrected chi connectivity index (χ1v) is 5.48. The maximum Gasteiger partial charge on any atom is 0.155 e. The zero-order chi connectivity index (χ0) is 12.0. The highest BCUT2D eigenvalue weighted by Gasteiger charge is 2.11. The van der Waals surface area contributed by atoms with E-state index in [0.717, 1.165) is 25.3 Å². The van der Waals surface area contributed by atoms with Crippen molar-refractivity contribution >= 4 is 17.6 Å². The van der Waals surface area contributed by atoms with Gasteiger partial charge < -0.3 is 16.4 Å². The first-order chi connectivity index (χ1) is 7.74. The van der Waals surface area contributed by atoms with Gasteiger partial charge in [-0.15, -0.1) is 0 Å². The van der Waals surface area contributed by atoms with Gasteiger partial charge in [0.1, 0.15) is 12.0 Å². The molecule has 0 radical (unpaired) electrons. The molecule has 0 aromatic carbocycles. The number of hydrogen-bond donors (Lipinski definition) is 2. The third-order valence-electron chi connectivity index (χ3n) is 2.32. The topological polar surface area (TPSA) is 81.1 Å². The second kappa shape index (κ2) is 5.95. The molecule has 0 aliphatic heterocycles. The molecule has 88 valence electrons.